The molecule has 0 aromatic heterocycles. The Labute approximate surface area is 178 Å². The number of carbonyl (C=O) groups is 2. The van der Waals surface area contributed by atoms with Crippen LogP contribution in [0, 0.1) is 5.82 Å². The van der Waals surface area contributed by atoms with Gasteiger partial charge in [-0.2, -0.15) is 0 Å². The van der Waals surface area contributed by atoms with Gasteiger partial charge in [0.25, 0.3) is 5.91 Å². The molecule has 1 amide bonds. The van der Waals surface area contributed by atoms with Gasteiger partial charge in [0, 0.05) is 11.3 Å². The lowest BCUT2D eigenvalue weighted by molar-refractivity contribution is -0.125. The molecule has 0 saturated heterocycles. The summed E-state index contributed by atoms with van der Waals surface area (Å²) in [7, 11) is -2.51. The van der Waals surface area contributed by atoms with E-state index >= 15 is 0 Å². The number of anilines is 1. The summed E-state index contributed by atoms with van der Waals surface area (Å²) in [6.45, 7) is 0. The number of hydrogen-bond acceptors (Lipinski definition) is 5. The van der Waals surface area contributed by atoms with Crippen LogP contribution in [0.1, 0.15) is 22.0 Å². The van der Waals surface area contributed by atoms with Crippen molar-refractivity contribution in [3.05, 3.63) is 95.8 Å². The number of nitrogens with one attached hydrogen (secondary N) is 2. The van der Waals surface area contributed by atoms with E-state index in [2.05, 4.69) is 10.0 Å². The lowest BCUT2D eigenvalue weighted by Gasteiger charge is -2.18. The third-order valence-electron chi connectivity index (χ3n) is 4.33. The summed E-state index contributed by atoms with van der Waals surface area (Å²) >= 11 is 0. The van der Waals surface area contributed by atoms with E-state index in [1.165, 1.54) is 49.5 Å². The number of benzene rings is 3. The molecule has 3 aromatic rings. The van der Waals surface area contributed by atoms with Crippen LogP contribution < -0.4 is 10.0 Å². The lowest BCUT2D eigenvalue weighted by Crippen LogP contribution is -2.26. The summed E-state index contributed by atoms with van der Waals surface area (Å²) in [5.74, 6) is -1.98. The third-order valence-corrected chi connectivity index (χ3v) is 5.74. The van der Waals surface area contributed by atoms with Crippen molar-refractivity contribution in [1.82, 2.24) is 4.72 Å². The molecule has 1 atom stereocenters. The second kappa shape index (κ2) is 9.50. The molecule has 3 aromatic carbocycles. The second-order valence-electron chi connectivity index (χ2n) is 6.43. The Bertz CT molecular complexity index is 1180. The predicted octanol–water partition coefficient (Wildman–Crippen LogP) is 3.27. The topological polar surface area (TPSA) is 102 Å². The summed E-state index contributed by atoms with van der Waals surface area (Å²) in [6.07, 6.45) is -1.32. The second-order valence-corrected chi connectivity index (χ2v) is 8.31. The molecule has 2 N–H and O–H groups in total. The highest BCUT2D eigenvalue weighted by Crippen LogP contribution is 2.23. The molecule has 7 nitrogen and oxygen atoms in total. The van der Waals surface area contributed by atoms with E-state index in [4.69, 9.17) is 4.74 Å². The van der Waals surface area contributed by atoms with Crippen molar-refractivity contribution in [2.24, 2.45) is 0 Å². The van der Waals surface area contributed by atoms with Gasteiger partial charge in [0.15, 0.2) is 0 Å². The van der Waals surface area contributed by atoms with Gasteiger partial charge in [-0.15, -0.1) is 0 Å². The summed E-state index contributed by atoms with van der Waals surface area (Å²) in [4.78, 5) is 25.5. The number of amides is 1. The average molecular weight is 442 g/mol. The minimum Gasteiger partial charge on any atom is -0.444 e. The number of esters is 1. The molecule has 1 unspecified atom stereocenters. The van der Waals surface area contributed by atoms with Crippen molar-refractivity contribution in [2.75, 3.05) is 12.4 Å². The van der Waals surface area contributed by atoms with Gasteiger partial charge in [-0.25, -0.2) is 22.3 Å². The number of ether oxygens (including phenoxy) is 1. The Kier molecular flexibility index (Phi) is 6.78. The van der Waals surface area contributed by atoms with Gasteiger partial charge in [0.1, 0.15) is 5.82 Å². The maximum atomic E-state index is 13.1. The van der Waals surface area contributed by atoms with Crippen LogP contribution in [-0.2, 0) is 19.6 Å². The Balaban J connectivity index is 1.87. The van der Waals surface area contributed by atoms with Crippen molar-refractivity contribution >= 4 is 27.6 Å². The Morgan fingerprint density at radius 2 is 1.61 bits per heavy atom. The molecular formula is C22H19FN2O5S. The quantitative estimate of drug-likeness (QED) is 0.547. The van der Waals surface area contributed by atoms with Crippen LogP contribution in [0.25, 0.3) is 0 Å². The molecule has 0 aliphatic rings. The summed E-state index contributed by atoms with van der Waals surface area (Å²) < 4.78 is 44.7. The van der Waals surface area contributed by atoms with Crippen LogP contribution in [0.3, 0.4) is 0 Å². The maximum absolute atomic E-state index is 13.1. The van der Waals surface area contributed by atoms with E-state index in [9.17, 15) is 22.4 Å². The van der Waals surface area contributed by atoms with Gasteiger partial charge >= 0.3 is 5.97 Å². The molecule has 3 rings (SSSR count). The van der Waals surface area contributed by atoms with Gasteiger partial charge in [0.2, 0.25) is 16.1 Å². The fourth-order valence-electron chi connectivity index (χ4n) is 2.72. The standard InChI is InChI=1S/C22H19FN2O5S/c1-24-31(28,29)19-9-5-8-16(14-19)22(27)30-20(15-6-3-2-4-7-15)21(26)25-18-12-10-17(23)11-13-18/h2-14,20,24H,1H3,(H,25,26). The number of sulfonamides is 1. The van der Waals surface area contributed by atoms with Crippen LogP contribution in [0.5, 0.6) is 0 Å². The number of carbonyl (C=O) groups excluding carboxylic acids is 2. The summed E-state index contributed by atoms with van der Waals surface area (Å²) in [5.41, 5.74) is 0.701. The van der Waals surface area contributed by atoms with E-state index in [1.54, 1.807) is 30.3 Å². The molecule has 31 heavy (non-hydrogen) atoms. The van der Waals surface area contributed by atoms with Crippen molar-refractivity contribution in [3.8, 4) is 0 Å². The van der Waals surface area contributed by atoms with E-state index < -0.39 is 33.8 Å². The minimum absolute atomic E-state index is 0.0353. The Morgan fingerprint density at radius 1 is 0.935 bits per heavy atom. The molecule has 0 bridgehead atoms. The van der Waals surface area contributed by atoms with E-state index in [-0.39, 0.29) is 10.5 Å². The highest BCUT2D eigenvalue weighted by Gasteiger charge is 2.26. The predicted molar refractivity (Wildman–Crippen MR) is 112 cm³/mol. The molecule has 0 heterocycles. The van der Waals surface area contributed by atoms with E-state index in [0.717, 1.165) is 6.07 Å². The SMILES string of the molecule is CNS(=O)(=O)c1cccc(C(=O)OC(C(=O)Nc2ccc(F)cc2)c2ccccc2)c1. The van der Waals surface area contributed by atoms with Crippen LogP contribution in [0.4, 0.5) is 10.1 Å². The fourth-order valence-corrected chi connectivity index (χ4v) is 3.50. The molecule has 160 valence electrons. The monoisotopic (exact) mass is 442 g/mol. The zero-order valence-corrected chi connectivity index (χ0v) is 17.2. The van der Waals surface area contributed by atoms with Crippen molar-refractivity contribution < 1.29 is 27.1 Å². The third kappa shape index (κ3) is 5.53. The van der Waals surface area contributed by atoms with Crippen LogP contribution in [0.2, 0.25) is 0 Å². The largest absolute Gasteiger partial charge is 0.444 e. The zero-order chi connectivity index (χ0) is 22.4. The van der Waals surface area contributed by atoms with Gasteiger partial charge in [-0.3, -0.25) is 4.79 Å². The van der Waals surface area contributed by atoms with Gasteiger partial charge < -0.3 is 10.1 Å². The fraction of sp³-hybridized carbons (Fsp3) is 0.0909. The summed E-state index contributed by atoms with van der Waals surface area (Å²) in [5, 5.41) is 2.58. The molecule has 0 aliphatic carbocycles. The molecule has 9 heteroatoms. The molecule has 0 aliphatic heterocycles. The van der Waals surface area contributed by atoms with Crippen molar-refractivity contribution in [3.63, 3.8) is 0 Å². The Hall–Kier alpha value is -3.56. The average Bonchev–Trinajstić information content (AvgIpc) is 2.79. The highest BCUT2D eigenvalue weighted by molar-refractivity contribution is 7.89. The highest BCUT2D eigenvalue weighted by atomic mass is 32.2. The molecule has 0 spiro atoms. The summed E-state index contributed by atoms with van der Waals surface area (Å²) in [6, 6.07) is 18.7. The Morgan fingerprint density at radius 3 is 2.26 bits per heavy atom. The molecule has 0 saturated carbocycles. The first kappa shape index (κ1) is 22.1. The lowest BCUT2D eigenvalue weighted by atomic mass is 10.1. The van der Waals surface area contributed by atoms with Crippen LogP contribution in [0.15, 0.2) is 83.8 Å². The number of hydrogen-bond donors (Lipinski definition) is 2. The first-order valence-corrected chi connectivity index (χ1v) is 10.6. The number of rotatable bonds is 7. The normalized spacial score (nSPS) is 12.1. The van der Waals surface area contributed by atoms with E-state index in [0.29, 0.717) is 11.3 Å². The first-order chi connectivity index (χ1) is 14.8. The van der Waals surface area contributed by atoms with Crippen molar-refractivity contribution in [2.45, 2.75) is 11.0 Å². The minimum atomic E-state index is -3.76. The van der Waals surface area contributed by atoms with Gasteiger partial charge in [0.05, 0.1) is 10.5 Å². The molecule has 0 fully saturated rings. The number of halogens is 1. The maximum Gasteiger partial charge on any atom is 0.339 e. The van der Waals surface area contributed by atoms with Crippen LogP contribution in [-0.4, -0.2) is 27.3 Å². The van der Waals surface area contributed by atoms with Gasteiger partial charge in [-0.05, 0) is 49.5 Å². The van der Waals surface area contributed by atoms with Crippen LogP contribution >= 0.6 is 0 Å². The van der Waals surface area contributed by atoms with Crippen molar-refractivity contribution in [1.29, 1.82) is 0 Å². The van der Waals surface area contributed by atoms with E-state index in [1.807, 2.05) is 0 Å². The molecule has 0 radical (unpaired) electrons. The van der Waals surface area contributed by atoms with Gasteiger partial charge in [-0.1, -0.05) is 36.4 Å². The molecular weight excluding hydrogens is 423 g/mol. The smallest absolute Gasteiger partial charge is 0.339 e. The zero-order valence-electron chi connectivity index (χ0n) is 16.4. The first-order valence-electron chi connectivity index (χ1n) is 9.16.